The van der Waals surface area contributed by atoms with E-state index in [-0.39, 0.29) is 44.2 Å². The van der Waals surface area contributed by atoms with Gasteiger partial charge in [-0.3, -0.25) is 14.2 Å². The summed E-state index contributed by atoms with van der Waals surface area (Å²) in [5, 5.41) is 33.7. The Morgan fingerprint density at radius 1 is 1.03 bits per heavy atom. The number of nitrogens with one attached hydrogen (secondary N) is 4. The van der Waals surface area contributed by atoms with Gasteiger partial charge in [0, 0.05) is 65.3 Å². The SMILES string of the molecule is Nc1ncnc2c1ncn2[C@@H]1O[C@H](C(=O)NCCCC(=O)N2CCNCCNCCNCC2)[C@@H](O)[C@H]1O.[Zn+2]. The van der Waals surface area contributed by atoms with Crippen molar-refractivity contribution in [3.05, 3.63) is 12.7 Å². The first-order chi connectivity index (χ1) is 18.0. The molecule has 4 atom stereocenters. The van der Waals surface area contributed by atoms with Gasteiger partial charge >= 0.3 is 19.5 Å². The number of aliphatic hydroxyl groups excluding tert-OH is 2. The van der Waals surface area contributed by atoms with Crippen molar-refractivity contribution in [1.29, 1.82) is 0 Å². The number of anilines is 1. The van der Waals surface area contributed by atoms with Crippen molar-refractivity contribution >= 4 is 28.8 Å². The van der Waals surface area contributed by atoms with E-state index in [0.29, 0.717) is 30.7 Å². The second-order valence-corrected chi connectivity index (χ2v) is 9.04. The zero-order valence-corrected chi connectivity index (χ0v) is 24.3. The number of aliphatic hydroxyl groups is 2. The van der Waals surface area contributed by atoms with Crippen LogP contribution in [0, 0.1) is 0 Å². The number of hydrogen-bond donors (Lipinski definition) is 7. The minimum Gasteiger partial charge on any atom is -0.387 e. The molecule has 204 valence electrons. The van der Waals surface area contributed by atoms with E-state index in [9.17, 15) is 19.8 Å². The summed E-state index contributed by atoms with van der Waals surface area (Å²) in [5.74, 6) is -0.388. The molecule has 2 aromatic rings. The van der Waals surface area contributed by atoms with Crippen LogP contribution >= 0.6 is 0 Å². The largest absolute Gasteiger partial charge is 2.00 e. The number of nitrogen functional groups attached to an aromatic ring is 1. The molecule has 8 N–H and O–H groups in total. The van der Waals surface area contributed by atoms with Crippen LogP contribution in [0.3, 0.4) is 0 Å². The minimum atomic E-state index is -1.46. The van der Waals surface area contributed by atoms with Gasteiger partial charge in [-0.25, -0.2) is 15.0 Å². The molecule has 0 unspecified atom stereocenters. The molecule has 2 aliphatic rings. The maximum absolute atomic E-state index is 12.7. The fraction of sp³-hybridized carbons (Fsp3) is 0.682. The number of ether oxygens (including phenoxy) is 1. The molecule has 2 aliphatic heterocycles. The van der Waals surface area contributed by atoms with E-state index >= 15 is 0 Å². The molecule has 38 heavy (non-hydrogen) atoms. The predicted molar refractivity (Wildman–Crippen MR) is 133 cm³/mol. The van der Waals surface area contributed by atoms with Gasteiger partial charge in [0.2, 0.25) is 5.91 Å². The Kier molecular flexibility index (Phi) is 11.7. The maximum atomic E-state index is 12.7. The van der Waals surface area contributed by atoms with Crippen LogP contribution in [0.25, 0.3) is 11.2 Å². The molecule has 0 aliphatic carbocycles. The second kappa shape index (κ2) is 14.7. The Hall–Kier alpha value is -2.33. The van der Waals surface area contributed by atoms with Crippen molar-refractivity contribution in [2.75, 3.05) is 64.6 Å². The molecular formula is C22H36N10O5Zn+2. The van der Waals surface area contributed by atoms with Crippen molar-refractivity contribution in [3.8, 4) is 0 Å². The molecule has 4 heterocycles. The fourth-order valence-corrected chi connectivity index (χ4v) is 4.39. The summed E-state index contributed by atoms with van der Waals surface area (Å²) in [6.45, 7) is 6.36. The Bertz CT molecular complexity index is 1050. The molecular weight excluding hydrogens is 550 g/mol. The average molecular weight is 586 g/mol. The number of nitrogens with two attached hydrogens (primary N) is 1. The summed E-state index contributed by atoms with van der Waals surface area (Å²) in [6, 6.07) is 0. The maximum Gasteiger partial charge on any atom is 2.00 e. The number of aromatic nitrogens is 4. The summed E-state index contributed by atoms with van der Waals surface area (Å²) in [6.07, 6.45) is -1.90. The number of amides is 2. The molecule has 0 spiro atoms. The number of imidazole rings is 1. The smallest absolute Gasteiger partial charge is 0.387 e. The number of carbonyl (C=O) groups is 2. The molecule has 16 heteroatoms. The van der Waals surface area contributed by atoms with E-state index in [1.54, 1.807) is 0 Å². The molecule has 15 nitrogen and oxygen atoms in total. The topological polar surface area (TPSA) is 205 Å². The van der Waals surface area contributed by atoms with Crippen LogP contribution in [0.1, 0.15) is 19.1 Å². The number of rotatable bonds is 6. The Morgan fingerprint density at radius 3 is 2.37 bits per heavy atom. The monoisotopic (exact) mass is 584 g/mol. The van der Waals surface area contributed by atoms with Crippen molar-refractivity contribution in [2.45, 2.75) is 37.4 Å². The molecule has 0 aromatic carbocycles. The van der Waals surface area contributed by atoms with Crippen LogP contribution in [0.5, 0.6) is 0 Å². The molecule has 4 rings (SSSR count). The Morgan fingerprint density at radius 2 is 1.68 bits per heavy atom. The molecule has 0 radical (unpaired) electrons. The first kappa shape index (κ1) is 30.2. The summed E-state index contributed by atoms with van der Waals surface area (Å²) in [5.41, 5.74) is 6.44. The van der Waals surface area contributed by atoms with Gasteiger partial charge in [0.25, 0.3) is 5.91 Å². The van der Waals surface area contributed by atoms with Gasteiger partial charge in [-0.05, 0) is 6.42 Å². The quantitative estimate of drug-likeness (QED) is 0.130. The van der Waals surface area contributed by atoms with Crippen molar-refractivity contribution in [3.63, 3.8) is 0 Å². The fourth-order valence-electron chi connectivity index (χ4n) is 4.39. The summed E-state index contributed by atoms with van der Waals surface area (Å²) >= 11 is 0. The average Bonchev–Trinajstić information content (AvgIpc) is 3.44. The third-order valence-corrected chi connectivity index (χ3v) is 6.45. The van der Waals surface area contributed by atoms with Gasteiger partial charge in [-0.15, -0.1) is 0 Å². The zero-order valence-electron chi connectivity index (χ0n) is 21.4. The van der Waals surface area contributed by atoms with Gasteiger partial charge in [0.15, 0.2) is 23.8 Å². The molecule has 2 aromatic heterocycles. The van der Waals surface area contributed by atoms with Crippen LogP contribution in [-0.2, 0) is 33.8 Å². The van der Waals surface area contributed by atoms with Gasteiger partial charge in [0.1, 0.15) is 24.1 Å². The normalized spacial score (nSPS) is 25.3. The van der Waals surface area contributed by atoms with Crippen LogP contribution in [0.15, 0.2) is 12.7 Å². The second-order valence-electron chi connectivity index (χ2n) is 9.04. The van der Waals surface area contributed by atoms with Crippen molar-refractivity contribution in [1.82, 2.24) is 45.7 Å². The van der Waals surface area contributed by atoms with E-state index in [4.69, 9.17) is 10.5 Å². The van der Waals surface area contributed by atoms with Crippen molar-refractivity contribution in [2.24, 2.45) is 0 Å². The van der Waals surface area contributed by atoms with E-state index < -0.39 is 30.4 Å². The van der Waals surface area contributed by atoms with E-state index in [1.165, 1.54) is 17.2 Å². The molecule has 2 amide bonds. The number of carbonyl (C=O) groups excluding carboxylic acids is 2. The summed E-state index contributed by atoms with van der Waals surface area (Å²) in [7, 11) is 0. The van der Waals surface area contributed by atoms with E-state index in [2.05, 4.69) is 36.2 Å². The van der Waals surface area contributed by atoms with Crippen LogP contribution in [0.2, 0.25) is 0 Å². The molecule has 0 bridgehead atoms. The summed E-state index contributed by atoms with van der Waals surface area (Å²) in [4.78, 5) is 39.4. The Balaban J connectivity index is 0.00000400. The number of hydrogen-bond acceptors (Lipinski definition) is 12. The predicted octanol–water partition coefficient (Wildman–Crippen LogP) is -3.47. The van der Waals surface area contributed by atoms with Crippen molar-refractivity contribution < 1.29 is 44.0 Å². The number of nitrogens with zero attached hydrogens (tertiary/aromatic N) is 5. The van der Waals surface area contributed by atoms with Crippen LogP contribution in [-0.4, -0.2) is 124 Å². The first-order valence-electron chi connectivity index (χ1n) is 12.6. The zero-order chi connectivity index (χ0) is 26.2. The third-order valence-electron chi connectivity index (χ3n) is 6.45. The first-order valence-corrected chi connectivity index (χ1v) is 12.6. The van der Waals surface area contributed by atoms with E-state index in [0.717, 1.165) is 39.3 Å². The molecule has 2 fully saturated rings. The standard InChI is InChI=1S/C22H36N10O5.Zn/c23-19-15-20(29-12-28-19)32(13-30-15)22-17(35)16(34)18(37-22)21(36)27-3-1-2-14(33)31-10-8-25-6-4-24-5-7-26-9-11-31;/h12-13,16-18,22,24-26,34-35H,1-11H2,(H,27,36)(H2,23,28,29);/q;+2/t16-,17+,18-,22+;/m0./s1. The molecule has 2 saturated heterocycles. The van der Waals surface area contributed by atoms with Gasteiger partial charge in [-0.1, -0.05) is 0 Å². The number of fused-ring (bicyclic) bond motifs is 1. The van der Waals surface area contributed by atoms with Gasteiger partial charge in [0.05, 0.1) is 6.33 Å². The van der Waals surface area contributed by atoms with E-state index in [1.807, 2.05) is 4.90 Å². The van der Waals surface area contributed by atoms with Gasteiger partial charge in [-0.2, -0.15) is 0 Å². The summed E-state index contributed by atoms with van der Waals surface area (Å²) < 4.78 is 7.10. The molecule has 0 saturated carbocycles. The van der Waals surface area contributed by atoms with Crippen LogP contribution in [0.4, 0.5) is 5.82 Å². The Labute approximate surface area is 233 Å². The van der Waals surface area contributed by atoms with Crippen LogP contribution < -0.4 is 27.0 Å². The van der Waals surface area contributed by atoms with Gasteiger partial charge < -0.3 is 46.9 Å². The third kappa shape index (κ3) is 7.41. The minimum absolute atomic E-state index is 0.